The van der Waals surface area contributed by atoms with Gasteiger partial charge in [0.15, 0.2) is 5.58 Å². The first-order valence-corrected chi connectivity index (χ1v) is 17.7. The Kier molecular flexibility index (Phi) is 6.56. The van der Waals surface area contributed by atoms with E-state index in [1.165, 1.54) is 55.3 Å². The number of rotatable bonds is 5. The first kappa shape index (κ1) is 29.5. The third kappa shape index (κ3) is 4.64. The highest BCUT2D eigenvalue weighted by atomic mass is 16.3. The number of nitrogens with zero attached hydrogens (tertiary/aromatic N) is 1. The quantitative estimate of drug-likeness (QED) is 0.184. The van der Waals surface area contributed by atoms with Gasteiger partial charge in [-0.2, -0.15) is 0 Å². The molecule has 0 saturated heterocycles. The standard InChI is InChI=1S/C49H35NO/c1-49(2)44-21-7-5-17-40(44)41-29-26-34(31-45(41)49)32-24-27-36(28-25-32)50(46-22-11-20-43-42-18-6-8-23-47(42)51-48(43)46)37-15-9-14-35(30-37)39-19-10-13-33-12-3-4-16-38(33)39/h3-31H,1-2H3. The monoisotopic (exact) mass is 653 g/mol. The van der Waals surface area contributed by atoms with E-state index < -0.39 is 0 Å². The molecule has 0 saturated carbocycles. The zero-order valence-electron chi connectivity index (χ0n) is 28.6. The molecular weight excluding hydrogens is 619 g/mol. The molecule has 1 aliphatic carbocycles. The molecule has 1 heterocycles. The van der Waals surface area contributed by atoms with Crippen molar-refractivity contribution in [1.82, 2.24) is 0 Å². The average Bonchev–Trinajstić information content (AvgIpc) is 3.68. The van der Waals surface area contributed by atoms with Crippen LogP contribution in [-0.4, -0.2) is 0 Å². The van der Waals surface area contributed by atoms with Crippen molar-refractivity contribution in [3.05, 3.63) is 187 Å². The molecule has 0 radical (unpaired) electrons. The van der Waals surface area contributed by atoms with Crippen LogP contribution in [0.3, 0.4) is 0 Å². The van der Waals surface area contributed by atoms with Gasteiger partial charge in [-0.1, -0.05) is 147 Å². The molecular formula is C49H35NO. The van der Waals surface area contributed by atoms with Crippen LogP contribution in [0.1, 0.15) is 25.0 Å². The van der Waals surface area contributed by atoms with Gasteiger partial charge in [-0.15, -0.1) is 0 Å². The smallest absolute Gasteiger partial charge is 0.159 e. The molecule has 242 valence electrons. The Balaban J connectivity index is 1.12. The number of fused-ring (bicyclic) bond motifs is 7. The Morgan fingerprint density at radius 1 is 0.431 bits per heavy atom. The van der Waals surface area contributed by atoms with Crippen LogP contribution in [0.15, 0.2) is 180 Å². The highest BCUT2D eigenvalue weighted by Crippen LogP contribution is 2.50. The number of benzene rings is 8. The van der Waals surface area contributed by atoms with Crippen molar-refractivity contribution in [2.75, 3.05) is 4.90 Å². The predicted octanol–water partition coefficient (Wildman–Crippen LogP) is 13.8. The number of hydrogen-bond donors (Lipinski definition) is 0. The molecule has 0 aliphatic heterocycles. The van der Waals surface area contributed by atoms with Crippen LogP contribution in [-0.2, 0) is 5.41 Å². The molecule has 10 rings (SSSR count). The fraction of sp³-hybridized carbons (Fsp3) is 0.0612. The molecule has 0 spiro atoms. The van der Waals surface area contributed by atoms with Crippen molar-refractivity contribution in [2.45, 2.75) is 19.3 Å². The third-order valence-corrected chi connectivity index (χ3v) is 10.9. The second kappa shape index (κ2) is 11.3. The summed E-state index contributed by atoms with van der Waals surface area (Å²) in [6, 6.07) is 63.6. The van der Waals surface area contributed by atoms with Gasteiger partial charge in [-0.25, -0.2) is 0 Å². The summed E-state index contributed by atoms with van der Waals surface area (Å²) in [5, 5.41) is 4.71. The minimum atomic E-state index is -0.0426. The SMILES string of the molecule is CC1(C)c2ccccc2-c2ccc(-c3ccc(N(c4cccc(-c5cccc6ccccc56)c4)c4cccc5c4oc4ccccc45)cc3)cc21. The van der Waals surface area contributed by atoms with Crippen molar-refractivity contribution in [1.29, 1.82) is 0 Å². The third-order valence-electron chi connectivity index (χ3n) is 10.9. The molecule has 1 aliphatic rings. The first-order chi connectivity index (χ1) is 25.0. The summed E-state index contributed by atoms with van der Waals surface area (Å²) in [4.78, 5) is 2.34. The van der Waals surface area contributed by atoms with Crippen molar-refractivity contribution in [3.63, 3.8) is 0 Å². The maximum absolute atomic E-state index is 6.62. The topological polar surface area (TPSA) is 16.4 Å². The Labute approximate surface area is 297 Å². The van der Waals surface area contributed by atoms with Gasteiger partial charge in [-0.3, -0.25) is 0 Å². The van der Waals surface area contributed by atoms with Gasteiger partial charge in [0.05, 0.1) is 5.69 Å². The Bertz CT molecular complexity index is 2780. The Morgan fingerprint density at radius 2 is 1.10 bits per heavy atom. The van der Waals surface area contributed by atoms with Gasteiger partial charge in [0, 0.05) is 27.6 Å². The van der Waals surface area contributed by atoms with E-state index in [0.29, 0.717) is 0 Å². The van der Waals surface area contributed by atoms with E-state index in [0.717, 1.165) is 39.0 Å². The van der Waals surface area contributed by atoms with E-state index in [1.54, 1.807) is 0 Å². The summed E-state index contributed by atoms with van der Waals surface area (Å²) < 4.78 is 6.62. The fourth-order valence-electron chi connectivity index (χ4n) is 8.31. The normalized spacial score (nSPS) is 13.1. The largest absolute Gasteiger partial charge is 0.454 e. The molecule has 51 heavy (non-hydrogen) atoms. The zero-order chi connectivity index (χ0) is 34.1. The molecule has 0 unspecified atom stereocenters. The maximum atomic E-state index is 6.62. The second-order valence-electron chi connectivity index (χ2n) is 14.1. The molecule has 0 atom stereocenters. The van der Waals surface area contributed by atoms with Gasteiger partial charge in [0.2, 0.25) is 0 Å². The summed E-state index contributed by atoms with van der Waals surface area (Å²) in [6.07, 6.45) is 0. The second-order valence-corrected chi connectivity index (χ2v) is 14.1. The molecule has 2 nitrogen and oxygen atoms in total. The summed E-state index contributed by atoms with van der Waals surface area (Å²) in [5.41, 5.74) is 15.1. The van der Waals surface area contributed by atoms with Crippen LogP contribution in [0.5, 0.6) is 0 Å². The lowest BCUT2D eigenvalue weighted by Crippen LogP contribution is -2.14. The van der Waals surface area contributed by atoms with Crippen LogP contribution in [0, 0.1) is 0 Å². The summed E-state index contributed by atoms with van der Waals surface area (Å²) in [7, 11) is 0. The average molecular weight is 654 g/mol. The zero-order valence-corrected chi connectivity index (χ0v) is 28.6. The van der Waals surface area contributed by atoms with E-state index in [4.69, 9.17) is 4.42 Å². The van der Waals surface area contributed by atoms with E-state index in [9.17, 15) is 0 Å². The number of para-hydroxylation sites is 2. The predicted molar refractivity (Wildman–Crippen MR) is 214 cm³/mol. The Hall–Kier alpha value is -6.38. The van der Waals surface area contributed by atoms with Gasteiger partial charge in [0.25, 0.3) is 0 Å². The lowest BCUT2D eigenvalue weighted by atomic mass is 9.81. The lowest BCUT2D eigenvalue weighted by molar-refractivity contribution is 0.660. The van der Waals surface area contributed by atoms with Crippen LogP contribution < -0.4 is 4.90 Å². The van der Waals surface area contributed by atoms with E-state index in [2.05, 4.69) is 189 Å². The number of furan rings is 1. The minimum Gasteiger partial charge on any atom is -0.454 e. The van der Waals surface area contributed by atoms with Gasteiger partial charge in [0.1, 0.15) is 5.58 Å². The van der Waals surface area contributed by atoms with Gasteiger partial charge in [-0.05, 0) is 97.7 Å². The van der Waals surface area contributed by atoms with Crippen molar-refractivity contribution < 1.29 is 4.42 Å². The highest BCUT2D eigenvalue weighted by Gasteiger charge is 2.35. The van der Waals surface area contributed by atoms with Crippen molar-refractivity contribution in [3.8, 4) is 33.4 Å². The molecule has 9 aromatic rings. The first-order valence-electron chi connectivity index (χ1n) is 17.7. The fourth-order valence-corrected chi connectivity index (χ4v) is 8.31. The van der Waals surface area contributed by atoms with Crippen LogP contribution in [0.4, 0.5) is 17.1 Å². The molecule has 0 N–H and O–H groups in total. The van der Waals surface area contributed by atoms with Gasteiger partial charge >= 0.3 is 0 Å². The molecule has 0 fully saturated rings. The molecule has 0 amide bonds. The molecule has 8 aromatic carbocycles. The minimum absolute atomic E-state index is 0.0426. The van der Waals surface area contributed by atoms with Crippen molar-refractivity contribution in [2.24, 2.45) is 0 Å². The number of hydrogen-bond acceptors (Lipinski definition) is 2. The Morgan fingerprint density at radius 3 is 2.00 bits per heavy atom. The van der Waals surface area contributed by atoms with Crippen LogP contribution >= 0.6 is 0 Å². The number of anilines is 3. The van der Waals surface area contributed by atoms with Crippen molar-refractivity contribution >= 4 is 49.8 Å². The van der Waals surface area contributed by atoms with E-state index >= 15 is 0 Å². The molecule has 0 bridgehead atoms. The maximum Gasteiger partial charge on any atom is 0.159 e. The summed E-state index contributed by atoms with van der Waals surface area (Å²) in [6.45, 7) is 4.68. The lowest BCUT2D eigenvalue weighted by Gasteiger charge is -2.26. The summed E-state index contributed by atoms with van der Waals surface area (Å²) >= 11 is 0. The molecule has 2 heteroatoms. The van der Waals surface area contributed by atoms with Crippen LogP contribution in [0.25, 0.3) is 66.1 Å². The van der Waals surface area contributed by atoms with Crippen LogP contribution in [0.2, 0.25) is 0 Å². The summed E-state index contributed by atoms with van der Waals surface area (Å²) in [5.74, 6) is 0. The van der Waals surface area contributed by atoms with Gasteiger partial charge < -0.3 is 9.32 Å². The molecule has 1 aromatic heterocycles. The highest BCUT2D eigenvalue weighted by molar-refractivity contribution is 6.10. The van der Waals surface area contributed by atoms with E-state index in [1.807, 2.05) is 6.07 Å². The van der Waals surface area contributed by atoms with E-state index in [-0.39, 0.29) is 5.41 Å².